The predicted octanol–water partition coefficient (Wildman–Crippen LogP) is 3.00. The molecule has 40 heavy (non-hydrogen) atoms. The van der Waals surface area contributed by atoms with Gasteiger partial charge in [-0.25, -0.2) is 4.90 Å². The van der Waals surface area contributed by atoms with Crippen LogP contribution in [0.5, 0.6) is 23.0 Å². The summed E-state index contributed by atoms with van der Waals surface area (Å²) in [5, 5.41) is 26.4. The van der Waals surface area contributed by atoms with Gasteiger partial charge in [-0.3, -0.25) is 19.7 Å². The van der Waals surface area contributed by atoms with Crippen molar-refractivity contribution in [2.75, 3.05) is 23.4 Å². The number of carbonyl (C=O) groups excluding carboxylic acids is 3. The molecule has 4 N–H and O–H groups in total. The van der Waals surface area contributed by atoms with E-state index in [2.05, 4.69) is 10.6 Å². The van der Waals surface area contributed by atoms with Gasteiger partial charge in [-0.1, -0.05) is 23.7 Å². The number of aromatic hydroxyl groups is 2. The Hall–Kier alpha value is -4.28. The fraction of sp³-hybridized carbons (Fsp3) is 0.276. The van der Waals surface area contributed by atoms with E-state index < -0.39 is 41.1 Å². The van der Waals surface area contributed by atoms with Gasteiger partial charge in [-0.2, -0.15) is 0 Å². The molecule has 0 unspecified atom stereocenters. The Kier molecular flexibility index (Phi) is 5.32. The number of fused-ring (bicyclic) bond motifs is 5. The molecular formula is C29H24ClN3O7. The van der Waals surface area contributed by atoms with E-state index in [1.54, 1.807) is 30.3 Å². The van der Waals surface area contributed by atoms with Gasteiger partial charge in [-0.15, -0.1) is 0 Å². The summed E-state index contributed by atoms with van der Waals surface area (Å²) in [5.74, 6) is -3.05. The van der Waals surface area contributed by atoms with Crippen LogP contribution >= 0.6 is 11.6 Å². The number of benzene rings is 3. The van der Waals surface area contributed by atoms with E-state index in [0.717, 1.165) is 10.5 Å². The van der Waals surface area contributed by atoms with Crippen molar-refractivity contribution in [1.29, 1.82) is 0 Å². The molecule has 3 amide bonds. The molecule has 2 fully saturated rings. The molecule has 4 aliphatic heterocycles. The van der Waals surface area contributed by atoms with Crippen molar-refractivity contribution in [3.05, 3.63) is 70.2 Å². The van der Waals surface area contributed by atoms with Crippen molar-refractivity contribution < 1.29 is 34.1 Å². The van der Waals surface area contributed by atoms with Crippen LogP contribution in [-0.2, 0) is 26.3 Å². The topological polar surface area (TPSA) is 137 Å². The van der Waals surface area contributed by atoms with Gasteiger partial charge in [0.05, 0.1) is 28.2 Å². The highest BCUT2D eigenvalue weighted by Gasteiger charge is 2.70. The molecular weight excluding hydrogens is 538 g/mol. The number of nitrogens with one attached hydrogen (secondary N) is 2. The quantitative estimate of drug-likeness (QED) is 0.283. The van der Waals surface area contributed by atoms with Crippen LogP contribution in [-0.4, -0.2) is 47.2 Å². The van der Waals surface area contributed by atoms with E-state index in [9.17, 15) is 24.6 Å². The third kappa shape index (κ3) is 3.36. The van der Waals surface area contributed by atoms with Gasteiger partial charge in [0, 0.05) is 17.7 Å². The van der Waals surface area contributed by atoms with E-state index in [0.29, 0.717) is 52.2 Å². The maximum absolute atomic E-state index is 14.3. The average molecular weight is 562 g/mol. The molecule has 0 aromatic heterocycles. The number of anilines is 2. The summed E-state index contributed by atoms with van der Waals surface area (Å²) < 4.78 is 11.3. The number of imide groups is 1. The van der Waals surface area contributed by atoms with Crippen LogP contribution in [0.4, 0.5) is 11.4 Å². The number of carbonyl (C=O) groups is 3. The maximum Gasteiger partial charge on any atom is 0.250 e. The van der Waals surface area contributed by atoms with Crippen LogP contribution in [0, 0.1) is 18.8 Å². The molecule has 0 radical (unpaired) electrons. The predicted molar refractivity (Wildman–Crippen MR) is 144 cm³/mol. The molecule has 204 valence electrons. The van der Waals surface area contributed by atoms with Crippen molar-refractivity contribution in [1.82, 2.24) is 5.32 Å². The lowest BCUT2D eigenvalue weighted by Crippen LogP contribution is -2.53. The van der Waals surface area contributed by atoms with Gasteiger partial charge in [0.2, 0.25) is 17.7 Å². The minimum Gasteiger partial charge on any atom is -0.504 e. The van der Waals surface area contributed by atoms with Crippen LogP contribution in [0.1, 0.15) is 16.7 Å². The minimum atomic E-state index is -1.55. The van der Waals surface area contributed by atoms with Gasteiger partial charge in [0.25, 0.3) is 0 Å². The summed E-state index contributed by atoms with van der Waals surface area (Å²) in [6.07, 6.45) is 0.201. The Labute approximate surface area is 233 Å². The number of hydrogen-bond donors (Lipinski definition) is 4. The number of nitrogens with zero attached hydrogens (tertiary/aromatic N) is 1. The summed E-state index contributed by atoms with van der Waals surface area (Å²) in [6, 6.07) is 12.1. The van der Waals surface area contributed by atoms with Crippen LogP contribution in [0.3, 0.4) is 0 Å². The zero-order chi connectivity index (χ0) is 27.9. The van der Waals surface area contributed by atoms with Gasteiger partial charge in [-0.05, 0) is 54.8 Å². The van der Waals surface area contributed by atoms with E-state index >= 15 is 0 Å². The van der Waals surface area contributed by atoms with Crippen LogP contribution in [0.15, 0.2) is 48.5 Å². The third-order valence-electron chi connectivity index (χ3n) is 8.20. The largest absolute Gasteiger partial charge is 0.504 e. The lowest BCUT2D eigenvalue weighted by Gasteiger charge is -2.30. The summed E-state index contributed by atoms with van der Waals surface area (Å²) >= 11 is 6.52. The molecule has 7 rings (SSSR count). The number of halogens is 1. The van der Waals surface area contributed by atoms with Crippen molar-refractivity contribution >= 4 is 40.7 Å². The molecule has 4 heterocycles. The first-order valence-corrected chi connectivity index (χ1v) is 13.2. The highest BCUT2D eigenvalue weighted by atomic mass is 35.5. The SMILES string of the molecule is Cc1cc(Cl)c2c(c1)[C@]1(N[C@H](Cc3ccc(O)c(O)c3)[C@@H]3C(=O)N(c4ccc5c(c4)OCCO5)C(=O)[C@@H]31)C(=O)N2. The molecule has 1 spiro atoms. The zero-order valence-corrected chi connectivity index (χ0v) is 22.0. The lowest BCUT2D eigenvalue weighted by atomic mass is 9.76. The minimum absolute atomic E-state index is 0.201. The van der Waals surface area contributed by atoms with Gasteiger partial charge >= 0.3 is 0 Å². The first-order chi connectivity index (χ1) is 19.2. The first-order valence-electron chi connectivity index (χ1n) is 12.9. The number of phenols is 2. The second-order valence-corrected chi connectivity index (χ2v) is 11.0. The highest BCUT2D eigenvalue weighted by molar-refractivity contribution is 6.35. The standard InChI is InChI=1S/C29H24ClN3O7/c1-13-8-16-25(17(30)9-13)31-28(38)29(16)24-23(18(32-29)10-14-2-4-19(34)20(35)11-14)26(36)33(27(24)37)15-3-5-21-22(12-15)40-7-6-39-21/h2-5,8-9,11-12,18,23-24,32,34-35H,6-7,10H2,1H3,(H,31,38)/t18-,23+,24-,29-/m1/s1. The van der Waals surface area contributed by atoms with Crippen molar-refractivity contribution in [2.24, 2.45) is 11.8 Å². The van der Waals surface area contributed by atoms with E-state index in [-0.39, 0.29) is 17.9 Å². The smallest absolute Gasteiger partial charge is 0.250 e. The summed E-state index contributed by atoms with van der Waals surface area (Å²) in [7, 11) is 0. The van der Waals surface area contributed by atoms with Crippen molar-refractivity contribution in [2.45, 2.75) is 24.9 Å². The van der Waals surface area contributed by atoms with E-state index in [4.69, 9.17) is 21.1 Å². The number of rotatable bonds is 3. The van der Waals surface area contributed by atoms with Crippen molar-refractivity contribution in [3.8, 4) is 23.0 Å². The Morgan fingerprint density at radius 1 is 0.975 bits per heavy atom. The third-order valence-corrected chi connectivity index (χ3v) is 8.50. The van der Waals surface area contributed by atoms with E-state index in [1.165, 1.54) is 12.1 Å². The van der Waals surface area contributed by atoms with Crippen LogP contribution < -0.4 is 25.0 Å². The molecule has 10 nitrogen and oxygen atoms in total. The van der Waals surface area contributed by atoms with Gasteiger partial charge in [0.15, 0.2) is 23.0 Å². The molecule has 2 saturated heterocycles. The van der Waals surface area contributed by atoms with Crippen LogP contribution in [0.2, 0.25) is 5.02 Å². The summed E-state index contributed by atoms with van der Waals surface area (Å²) in [4.78, 5) is 43.3. The highest BCUT2D eigenvalue weighted by Crippen LogP contribution is 2.55. The summed E-state index contributed by atoms with van der Waals surface area (Å²) in [5.41, 5.74) is 1.11. The number of phenolic OH excluding ortho intramolecular Hbond substituents is 2. The first kappa shape index (κ1) is 24.7. The second kappa shape index (κ2) is 8.61. The molecule has 3 aromatic rings. The van der Waals surface area contributed by atoms with Crippen molar-refractivity contribution in [3.63, 3.8) is 0 Å². The Balaban J connectivity index is 1.37. The Morgan fingerprint density at radius 2 is 1.75 bits per heavy atom. The number of hydrogen-bond acceptors (Lipinski definition) is 8. The van der Waals surface area contributed by atoms with Crippen LogP contribution in [0.25, 0.3) is 0 Å². The fourth-order valence-corrected chi connectivity index (χ4v) is 6.87. The zero-order valence-electron chi connectivity index (χ0n) is 21.2. The molecule has 3 aromatic carbocycles. The monoisotopic (exact) mass is 561 g/mol. The molecule has 0 bridgehead atoms. The second-order valence-electron chi connectivity index (χ2n) is 10.6. The number of ether oxygens (including phenoxy) is 2. The normalized spacial score (nSPS) is 26.3. The summed E-state index contributed by atoms with van der Waals surface area (Å²) in [6.45, 7) is 2.58. The number of aryl methyl sites for hydroxylation is 1. The molecule has 0 aliphatic carbocycles. The van der Waals surface area contributed by atoms with Gasteiger partial charge < -0.3 is 25.0 Å². The molecule has 11 heteroatoms. The molecule has 4 aliphatic rings. The lowest BCUT2D eigenvalue weighted by molar-refractivity contribution is -0.130. The number of amides is 3. The fourth-order valence-electron chi connectivity index (χ4n) is 6.54. The molecule has 4 atom stereocenters. The maximum atomic E-state index is 14.3. The van der Waals surface area contributed by atoms with E-state index in [1.807, 2.05) is 13.0 Å². The Bertz CT molecular complexity index is 1640. The van der Waals surface area contributed by atoms with Gasteiger partial charge in [0.1, 0.15) is 18.8 Å². The average Bonchev–Trinajstić information content (AvgIpc) is 3.50. The Morgan fingerprint density at radius 3 is 2.52 bits per heavy atom. The molecule has 0 saturated carbocycles.